The van der Waals surface area contributed by atoms with Crippen molar-refractivity contribution >= 4 is 5.96 Å². The van der Waals surface area contributed by atoms with Crippen molar-refractivity contribution in [1.82, 2.24) is 20.0 Å². The minimum absolute atomic E-state index is 0.0214. The Bertz CT molecular complexity index is 544. The summed E-state index contributed by atoms with van der Waals surface area (Å²) in [5, 5.41) is 17.6. The molecule has 1 aliphatic heterocycles. The molecule has 3 atom stereocenters. The maximum Gasteiger partial charge on any atom is 0.193 e. The molecule has 7 nitrogen and oxygen atoms in total. The highest BCUT2D eigenvalue weighted by atomic mass is 16.5. The number of nitrogens with one attached hydrogen (secondary N) is 1. The fourth-order valence-corrected chi connectivity index (χ4v) is 3.46. The van der Waals surface area contributed by atoms with Gasteiger partial charge in [0.25, 0.3) is 0 Å². The summed E-state index contributed by atoms with van der Waals surface area (Å²) in [6, 6.07) is 0. The van der Waals surface area contributed by atoms with Gasteiger partial charge in [-0.05, 0) is 12.8 Å². The standard InChI is InChI=1S/C16H27N5O2/c1-17-16(18-8-12-4-3-5-14(12)22)21-6-7-23-15(11-21)13-9-19-20(2)10-13/h9-10,12,14-15,22H,3-8,11H2,1-2H3,(H,17,18). The molecule has 1 saturated heterocycles. The third kappa shape index (κ3) is 3.84. The highest BCUT2D eigenvalue weighted by Gasteiger charge is 2.28. The van der Waals surface area contributed by atoms with Crippen molar-refractivity contribution < 1.29 is 9.84 Å². The Morgan fingerprint density at radius 2 is 2.39 bits per heavy atom. The molecule has 2 heterocycles. The molecule has 2 fully saturated rings. The molecular weight excluding hydrogens is 294 g/mol. The molecule has 3 rings (SSSR count). The molecule has 1 saturated carbocycles. The van der Waals surface area contributed by atoms with E-state index in [0.717, 1.165) is 50.4 Å². The summed E-state index contributed by atoms with van der Waals surface area (Å²) in [7, 11) is 3.72. The lowest BCUT2D eigenvalue weighted by molar-refractivity contribution is -0.00818. The number of nitrogens with zero attached hydrogens (tertiary/aromatic N) is 4. The molecule has 0 bridgehead atoms. The summed E-state index contributed by atoms with van der Waals surface area (Å²) in [5.41, 5.74) is 1.10. The molecule has 3 unspecified atom stereocenters. The van der Waals surface area contributed by atoms with Crippen LogP contribution in [-0.4, -0.2) is 65.1 Å². The summed E-state index contributed by atoms with van der Waals surface area (Å²) in [6.45, 7) is 3.04. The molecule has 2 N–H and O–H groups in total. The Labute approximate surface area is 137 Å². The van der Waals surface area contributed by atoms with Crippen molar-refractivity contribution in [3.8, 4) is 0 Å². The van der Waals surface area contributed by atoms with Crippen LogP contribution in [-0.2, 0) is 11.8 Å². The van der Waals surface area contributed by atoms with Crippen molar-refractivity contribution in [1.29, 1.82) is 0 Å². The Morgan fingerprint density at radius 1 is 1.52 bits per heavy atom. The molecule has 0 amide bonds. The first-order valence-corrected chi connectivity index (χ1v) is 8.41. The highest BCUT2D eigenvalue weighted by Crippen LogP contribution is 2.25. The number of aliphatic imine (C=N–C) groups is 1. The van der Waals surface area contributed by atoms with Gasteiger partial charge in [-0.3, -0.25) is 9.67 Å². The first-order chi connectivity index (χ1) is 11.2. The van der Waals surface area contributed by atoms with E-state index < -0.39 is 0 Å². The molecule has 7 heteroatoms. The number of hydrogen-bond acceptors (Lipinski definition) is 4. The Kier molecular flexibility index (Phi) is 5.17. The Hall–Kier alpha value is -1.60. The molecule has 0 spiro atoms. The highest BCUT2D eigenvalue weighted by molar-refractivity contribution is 5.80. The van der Waals surface area contributed by atoms with Crippen LogP contribution in [0, 0.1) is 5.92 Å². The predicted octanol–water partition coefficient (Wildman–Crippen LogP) is 0.530. The molecule has 128 valence electrons. The third-order valence-corrected chi connectivity index (χ3v) is 4.82. The zero-order valence-corrected chi connectivity index (χ0v) is 14.0. The van der Waals surface area contributed by atoms with Gasteiger partial charge in [0.05, 0.1) is 25.5 Å². The van der Waals surface area contributed by atoms with Gasteiger partial charge >= 0.3 is 0 Å². The molecule has 2 aliphatic rings. The number of aryl methyl sites for hydroxylation is 1. The largest absolute Gasteiger partial charge is 0.393 e. The first-order valence-electron chi connectivity index (χ1n) is 8.41. The quantitative estimate of drug-likeness (QED) is 0.627. The average molecular weight is 321 g/mol. The van der Waals surface area contributed by atoms with Crippen LogP contribution in [0.1, 0.15) is 30.9 Å². The third-order valence-electron chi connectivity index (χ3n) is 4.82. The summed E-state index contributed by atoms with van der Waals surface area (Å²) in [5.74, 6) is 1.23. The van der Waals surface area contributed by atoms with Gasteiger partial charge < -0.3 is 20.1 Å². The number of ether oxygens (including phenoxy) is 1. The number of hydrogen-bond donors (Lipinski definition) is 2. The van der Waals surface area contributed by atoms with E-state index in [1.165, 1.54) is 0 Å². The van der Waals surface area contributed by atoms with E-state index >= 15 is 0 Å². The van der Waals surface area contributed by atoms with Gasteiger partial charge in [-0.2, -0.15) is 5.10 Å². The van der Waals surface area contributed by atoms with E-state index in [1.807, 2.05) is 26.5 Å². The van der Waals surface area contributed by atoms with E-state index in [9.17, 15) is 5.11 Å². The Morgan fingerprint density at radius 3 is 3.04 bits per heavy atom. The van der Waals surface area contributed by atoms with Crippen molar-refractivity contribution in [2.24, 2.45) is 18.0 Å². The van der Waals surface area contributed by atoms with Crippen molar-refractivity contribution in [3.05, 3.63) is 18.0 Å². The molecular formula is C16H27N5O2. The minimum Gasteiger partial charge on any atom is -0.393 e. The lowest BCUT2D eigenvalue weighted by atomic mass is 10.1. The summed E-state index contributed by atoms with van der Waals surface area (Å²) in [6.07, 6.45) is 6.84. The second-order valence-electron chi connectivity index (χ2n) is 6.44. The number of aliphatic hydroxyl groups is 1. The SMILES string of the molecule is CN=C(NCC1CCCC1O)N1CCOC(c2cnn(C)c2)C1. The maximum atomic E-state index is 9.96. The van der Waals surface area contributed by atoms with E-state index in [2.05, 4.69) is 20.3 Å². The number of rotatable bonds is 3. The zero-order chi connectivity index (χ0) is 16.2. The fourth-order valence-electron chi connectivity index (χ4n) is 3.46. The van der Waals surface area contributed by atoms with Gasteiger partial charge in [0.15, 0.2) is 5.96 Å². The van der Waals surface area contributed by atoms with Gasteiger partial charge in [-0.1, -0.05) is 6.42 Å². The number of aromatic nitrogens is 2. The lowest BCUT2D eigenvalue weighted by Gasteiger charge is -2.35. The number of guanidine groups is 1. The maximum absolute atomic E-state index is 9.96. The molecule has 1 aromatic heterocycles. The first kappa shape index (κ1) is 16.3. The van der Waals surface area contributed by atoms with Gasteiger partial charge in [-0.15, -0.1) is 0 Å². The van der Waals surface area contributed by atoms with E-state index in [4.69, 9.17) is 4.74 Å². The summed E-state index contributed by atoms with van der Waals surface area (Å²) in [4.78, 5) is 6.63. The van der Waals surface area contributed by atoms with Crippen LogP contribution in [0.3, 0.4) is 0 Å². The van der Waals surface area contributed by atoms with Crippen molar-refractivity contribution in [2.45, 2.75) is 31.5 Å². The topological polar surface area (TPSA) is 74.9 Å². The average Bonchev–Trinajstić information content (AvgIpc) is 3.17. The lowest BCUT2D eigenvalue weighted by Crippen LogP contribution is -2.49. The smallest absolute Gasteiger partial charge is 0.193 e. The fraction of sp³-hybridized carbons (Fsp3) is 0.750. The second kappa shape index (κ2) is 7.31. The number of aliphatic hydroxyl groups excluding tert-OH is 1. The molecule has 1 aromatic rings. The number of morpholine rings is 1. The van der Waals surface area contributed by atoms with E-state index in [0.29, 0.717) is 12.5 Å². The molecule has 1 aliphatic carbocycles. The summed E-state index contributed by atoms with van der Waals surface area (Å²) >= 11 is 0. The molecule has 23 heavy (non-hydrogen) atoms. The van der Waals surface area contributed by atoms with Gasteiger partial charge in [-0.25, -0.2) is 0 Å². The van der Waals surface area contributed by atoms with Gasteiger partial charge in [0.2, 0.25) is 0 Å². The molecule has 0 aromatic carbocycles. The van der Waals surface area contributed by atoms with Gasteiger partial charge in [0.1, 0.15) is 6.10 Å². The van der Waals surface area contributed by atoms with Crippen LogP contribution in [0.15, 0.2) is 17.4 Å². The van der Waals surface area contributed by atoms with E-state index in [1.54, 1.807) is 4.68 Å². The van der Waals surface area contributed by atoms with E-state index in [-0.39, 0.29) is 12.2 Å². The monoisotopic (exact) mass is 321 g/mol. The zero-order valence-electron chi connectivity index (χ0n) is 14.0. The molecule has 0 radical (unpaired) electrons. The van der Waals surface area contributed by atoms with Crippen LogP contribution in [0.5, 0.6) is 0 Å². The van der Waals surface area contributed by atoms with Crippen LogP contribution < -0.4 is 5.32 Å². The summed E-state index contributed by atoms with van der Waals surface area (Å²) < 4.78 is 7.68. The van der Waals surface area contributed by atoms with Crippen molar-refractivity contribution in [2.75, 3.05) is 33.3 Å². The van der Waals surface area contributed by atoms with Crippen molar-refractivity contribution in [3.63, 3.8) is 0 Å². The van der Waals surface area contributed by atoms with Crippen LogP contribution in [0.4, 0.5) is 0 Å². The van der Waals surface area contributed by atoms with Crippen LogP contribution >= 0.6 is 0 Å². The Balaban J connectivity index is 1.57. The normalized spacial score (nSPS) is 29.1. The van der Waals surface area contributed by atoms with Crippen LogP contribution in [0.25, 0.3) is 0 Å². The van der Waals surface area contributed by atoms with Gasteiger partial charge in [0, 0.05) is 44.9 Å². The minimum atomic E-state index is -0.173. The predicted molar refractivity (Wildman–Crippen MR) is 88.2 cm³/mol. The van der Waals surface area contributed by atoms with Crippen LogP contribution in [0.2, 0.25) is 0 Å². The second-order valence-corrected chi connectivity index (χ2v) is 6.44.